The number of hydrogen-bond donors (Lipinski definition) is 1. The number of rotatable bonds is 6. The monoisotopic (exact) mass is 432 g/mol. The summed E-state index contributed by atoms with van der Waals surface area (Å²) in [6, 6.07) is 23.5. The van der Waals surface area contributed by atoms with Gasteiger partial charge in [0.2, 0.25) is 0 Å². The molecule has 0 saturated carbocycles. The lowest BCUT2D eigenvalue weighted by atomic mass is 10.1. The van der Waals surface area contributed by atoms with Crippen LogP contribution in [0.4, 0.5) is 0 Å². The van der Waals surface area contributed by atoms with Gasteiger partial charge in [0, 0.05) is 44.8 Å². The lowest BCUT2D eigenvalue weighted by Crippen LogP contribution is -2.06. The first-order valence-corrected chi connectivity index (χ1v) is 10.2. The van der Waals surface area contributed by atoms with Crippen molar-refractivity contribution in [2.45, 2.75) is 13.1 Å². The molecule has 6 heteroatoms. The summed E-state index contributed by atoms with van der Waals surface area (Å²) >= 11 is 12.4. The zero-order chi connectivity index (χ0) is 20.9. The van der Waals surface area contributed by atoms with Gasteiger partial charge in [0.25, 0.3) is 0 Å². The normalized spacial score (nSPS) is 11.1. The van der Waals surface area contributed by atoms with Crippen LogP contribution in [0.25, 0.3) is 10.9 Å². The van der Waals surface area contributed by atoms with Crippen LogP contribution in [0.5, 0.6) is 0 Å². The van der Waals surface area contributed by atoms with Crippen LogP contribution in [0.15, 0.2) is 78.0 Å². The highest BCUT2D eigenvalue weighted by atomic mass is 35.5. The zero-order valence-electron chi connectivity index (χ0n) is 16.0. The summed E-state index contributed by atoms with van der Waals surface area (Å²) in [5.41, 5.74) is 7.68. The third-order valence-corrected chi connectivity index (χ3v) is 5.55. The number of benzene rings is 3. The highest BCUT2D eigenvalue weighted by Crippen LogP contribution is 2.24. The summed E-state index contributed by atoms with van der Waals surface area (Å²) < 4.78 is 2.16. The van der Waals surface area contributed by atoms with Gasteiger partial charge in [-0.05, 0) is 35.9 Å². The van der Waals surface area contributed by atoms with Crippen molar-refractivity contribution >= 4 is 40.3 Å². The van der Waals surface area contributed by atoms with E-state index in [-0.39, 0.29) is 0 Å². The van der Waals surface area contributed by atoms with Gasteiger partial charge < -0.3 is 9.99 Å². The van der Waals surface area contributed by atoms with Gasteiger partial charge in [-0.1, -0.05) is 59.6 Å². The number of fused-ring (bicyclic) bond motifs is 1. The Morgan fingerprint density at radius 2 is 1.77 bits per heavy atom. The molecule has 0 bridgehead atoms. The lowest BCUT2D eigenvalue weighted by Gasteiger charge is -2.06. The highest BCUT2D eigenvalue weighted by molar-refractivity contribution is 6.35. The quantitative estimate of drug-likeness (QED) is 0.300. The first-order valence-electron chi connectivity index (χ1n) is 9.41. The van der Waals surface area contributed by atoms with Gasteiger partial charge in [-0.3, -0.25) is 0 Å². The third-order valence-electron chi connectivity index (χ3n) is 4.84. The number of hydrogen-bond acceptors (Lipinski definition) is 3. The standard InChI is InChI=1S/C24H18Cl2N4/c25-22-8-4-9-23(26)21(22)14-29-28-13-19-16-30(24-10-2-1-7-20(19)24)15-18-6-3-5-17(11-18)12-27/h1-11,13,16,29H,14-15H2/b28-13+. The Morgan fingerprint density at radius 1 is 1.00 bits per heavy atom. The van der Waals surface area contributed by atoms with Crippen LogP contribution in [0, 0.1) is 11.3 Å². The Balaban J connectivity index is 1.56. The van der Waals surface area contributed by atoms with Crippen LogP contribution in [0.2, 0.25) is 10.0 Å². The predicted molar refractivity (Wildman–Crippen MR) is 123 cm³/mol. The second-order valence-electron chi connectivity index (χ2n) is 6.83. The smallest absolute Gasteiger partial charge is 0.0991 e. The van der Waals surface area contributed by atoms with Crippen LogP contribution >= 0.6 is 23.2 Å². The molecule has 4 aromatic rings. The van der Waals surface area contributed by atoms with E-state index in [0.717, 1.165) is 27.6 Å². The van der Waals surface area contributed by atoms with E-state index < -0.39 is 0 Å². The molecular weight excluding hydrogens is 415 g/mol. The summed E-state index contributed by atoms with van der Waals surface area (Å²) in [5, 5.41) is 15.8. The molecule has 0 aliphatic rings. The number of hydrazone groups is 1. The molecule has 1 N–H and O–H groups in total. The average molecular weight is 433 g/mol. The molecule has 0 unspecified atom stereocenters. The van der Waals surface area contributed by atoms with Gasteiger partial charge in [0.05, 0.1) is 24.4 Å². The molecule has 0 amide bonds. The Morgan fingerprint density at radius 3 is 2.57 bits per heavy atom. The van der Waals surface area contributed by atoms with Crippen LogP contribution < -0.4 is 5.43 Å². The van der Waals surface area contributed by atoms with Gasteiger partial charge in [0.1, 0.15) is 0 Å². The number of halogens is 2. The van der Waals surface area contributed by atoms with E-state index >= 15 is 0 Å². The van der Waals surface area contributed by atoms with E-state index in [0.29, 0.717) is 28.7 Å². The van der Waals surface area contributed by atoms with Crippen molar-refractivity contribution in [1.82, 2.24) is 9.99 Å². The topological polar surface area (TPSA) is 53.1 Å². The van der Waals surface area contributed by atoms with Crippen molar-refractivity contribution in [2.24, 2.45) is 5.10 Å². The number of nitriles is 1. The van der Waals surface area contributed by atoms with Gasteiger partial charge >= 0.3 is 0 Å². The van der Waals surface area contributed by atoms with E-state index in [4.69, 9.17) is 28.5 Å². The molecule has 0 spiro atoms. The SMILES string of the molecule is N#Cc1cccc(Cn2cc(/C=N/NCc3c(Cl)cccc3Cl)c3ccccc32)c1. The summed E-state index contributed by atoms with van der Waals surface area (Å²) in [6.45, 7) is 1.11. The minimum absolute atomic E-state index is 0.439. The second-order valence-corrected chi connectivity index (χ2v) is 7.65. The van der Waals surface area contributed by atoms with Crippen molar-refractivity contribution < 1.29 is 0 Å². The molecule has 1 heterocycles. The van der Waals surface area contributed by atoms with Gasteiger partial charge in [-0.2, -0.15) is 10.4 Å². The molecule has 0 aliphatic carbocycles. The largest absolute Gasteiger partial charge is 0.342 e. The number of aromatic nitrogens is 1. The third kappa shape index (κ3) is 4.33. The molecule has 30 heavy (non-hydrogen) atoms. The minimum Gasteiger partial charge on any atom is -0.342 e. The Labute approximate surface area is 185 Å². The van der Waals surface area contributed by atoms with E-state index in [2.05, 4.69) is 39.5 Å². The van der Waals surface area contributed by atoms with Crippen molar-refractivity contribution in [2.75, 3.05) is 0 Å². The van der Waals surface area contributed by atoms with Crippen molar-refractivity contribution in [1.29, 1.82) is 5.26 Å². The number of nitrogens with zero attached hydrogens (tertiary/aromatic N) is 3. The molecule has 0 radical (unpaired) electrons. The number of nitrogens with one attached hydrogen (secondary N) is 1. The van der Waals surface area contributed by atoms with Crippen LogP contribution in [-0.4, -0.2) is 10.8 Å². The highest BCUT2D eigenvalue weighted by Gasteiger charge is 2.08. The molecular formula is C24H18Cl2N4. The van der Waals surface area contributed by atoms with Crippen LogP contribution in [0.3, 0.4) is 0 Å². The number of para-hydroxylation sites is 1. The van der Waals surface area contributed by atoms with Crippen LogP contribution in [-0.2, 0) is 13.1 Å². The molecule has 1 aromatic heterocycles. The summed E-state index contributed by atoms with van der Waals surface area (Å²) in [7, 11) is 0. The summed E-state index contributed by atoms with van der Waals surface area (Å²) in [6.07, 6.45) is 3.87. The molecule has 3 aromatic carbocycles. The maximum Gasteiger partial charge on any atom is 0.0991 e. The predicted octanol–water partition coefficient (Wildman–Crippen LogP) is 5.99. The second kappa shape index (κ2) is 9.04. The fraction of sp³-hybridized carbons (Fsp3) is 0.0833. The molecule has 148 valence electrons. The van der Waals surface area contributed by atoms with E-state index in [9.17, 15) is 0 Å². The Hall–Kier alpha value is -3.26. The zero-order valence-corrected chi connectivity index (χ0v) is 17.5. The van der Waals surface area contributed by atoms with Crippen LogP contribution in [0.1, 0.15) is 22.3 Å². The Bertz CT molecular complexity index is 1250. The van der Waals surface area contributed by atoms with Gasteiger partial charge in [-0.25, -0.2) is 0 Å². The molecule has 4 rings (SSSR count). The minimum atomic E-state index is 0.439. The van der Waals surface area contributed by atoms with E-state index in [1.807, 2.05) is 54.6 Å². The van der Waals surface area contributed by atoms with Crippen molar-refractivity contribution in [3.8, 4) is 6.07 Å². The summed E-state index contributed by atoms with van der Waals surface area (Å²) in [4.78, 5) is 0. The lowest BCUT2D eigenvalue weighted by molar-refractivity contribution is 0.748. The molecule has 0 aliphatic heterocycles. The fourth-order valence-electron chi connectivity index (χ4n) is 3.39. The first kappa shape index (κ1) is 20.0. The summed E-state index contributed by atoms with van der Waals surface area (Å²) in [5.74, 6) is 0. The Kier molecular flexibility index (Phi) is 6.04. The molecule has 0 atom stereocenters. The maximum atomic E-state index is 9.14. The van der Waals surface area contributed by atoms with E-state index in [1.54, 1.807) is 6.21 Å². The van der Waals surface area contributed by atoms with Gasteiger partial charge in [0.15, 0.2) is 0 Å². The average Bonchev–Trinajstić information content (AvgIpc) is 3.10. The van der Waals surface area contributed by atoms with E-state index in [1.165, 1.54) is 0 Å². The van der Waals surface area contributed by atoms with Crippen molar-refractivity contribution in [3.63, 3.8) is 0 Å². The molecule has 0 saturated heterocycles. The molecule has 0 fully saturated rings. The first-order chi connectivity index (χ1) is 14.7. The fourth-order valence-corrected chi connectivity index (χ4v) is 3.92. The maximum absolute atomic E-state index is 9.14. The molecule has 4 nitrogen and oxygen atoms in total. The van der Waals surface area contributed by atoms with Gasteiger partial charge in [-0.15, -0.1) is 0 Å². The van der Waals surface area contributed by atoms with Crippen molar-refractivity contribution in [3.05, 3.63) is 105 Å².